The number of aromatic nitrogens is 2. The van der Waals surface area contributed by atoms with Gasteiger partial charge in [0.15, 0.2) is 0 Å². The molecule has 2 aromatic rings. The van der Waals surface area contributed by atoms with Gasteiger partial charge in [0.25, 0.3) is 0 Å². The Kier molecular flexibility index (Phi) is 3.13. The van der Waals surface area contributed by atoms with E-state index in [1.807, 2.05) is 17.7 Å². The van der Waals surface area contributed by atoms with Crippen molar-refractivity contribution >= 4 is 5.69 Å². The number of rotatable bonds is 3. The van der Waals surface area contributed by atoms with Crippen LogP contribution in [0.2, 0.25) is 0 Å². The van der Waals surface area contributed by atoms with E-state index in [9.17, 15) is 4.39 Å². The summed E-state index contributed by atoms with van der Waals surface area (Å²) in [5.41, 5.74) is 7.78. The molecule has 0 aliphatic carbocycles. The van der Waals surface area contributed by atoms with Crippen LogP contribution in [0.25, 0.3) is 0 Å². The first-order chi connectivity index (χ1) is 8.11. The standard InChI is InChI=1S/C13H16FN3/c1-3-17-5-4-16-13(17)8-10-7-12(15)9(2)6-11(10)14/h4-7H,3,8,15H2,1-2H3. The van der Waals surface area contributed by atoms with Gasteiger partial charge in [-0.2, -0.15) is 0 Å². The van der Waals surface area contributed by atoms with Crippen molar-refractivity contribution in [2.45, 2.75) is 26.8 Å². The lowest BCUT2D eigenvalue weighted by molar-refractivity contribution is 0.607. The van der Waals surface area contributed by atoms with Crippen molar-refractivity contribution in [3.05, 3.63) is 47.3 Å². The van der Waals surface area contributed by atoms with Crippen LogP contribution in [0.15, 0.2) is 24.5 Å². The summed E-state index contributed by atoms with van der Waals surface area (Å²) in [6.07, 6.45) is 4.09. The van der Waals surface area contributed by atoms with Crippen molar-refractivity contribution in [2.75, 3.05) is 5.73 Å². The molecule has 3 nitrogen and oxygen atoms in total. The maximum atomic E-state index is 13.8. The Hall–Kier alpha value is -1.84. The van der Waals surface area contributed by atoms with Crippen molar-refractivity contribution in [3.63, 3.8) is 0 Å². The Bertz CT molecular complexity index is 531. The summed E-state index contributed by atoms with van der Waals surface area (Å²) in [7, 11) is 0. The number of hydrogen-bond donors (Lipinski definition) is 1. The molecule has 4 heteroatoms. The predicted octanol–water partition coefficient (Wildman–Crippen LogP) is 2.52. The topological polar surface area (TPSA) is 43.8 Å². The van der Waals surface area contributed by atoms with Crippen LogP contribution < -0.4 is 5.73 Å². The molecule has 2 N–H and O–H groups in total. The van der Waals surface area contributed by atoms with Gasteiger partial charge < -0.3 is 10.3 Å². The second-order valence-electron chi connectivity index (χ2n) is 4.11. The molecule has 0 amide bonds. The van der Waals surface area contributed by atoms with Crippen molar-refractivity contribution in [1.82, 2.24) is 9.55 Å². The van der Waals surface area contributed by atoms with Crippen LogP contribution in [-0.4, -0.2) is 9.55 Å². The van der Waals surface area contributed by atoms with E-state index in [2.05, 4.69) is 4.98 Å². The molecule has 0 saturated heterocycles. The second kappa shape index (κ2) is 4.57. The zero-order valence-corrected chi connectivity index (χ0v) is 10.1. The van der Waals surface area contributed by atoms with E-state index in [-0.39, 0.29) is 5.82 Å². The van der Waals surface area contributed by atoms with E-state index in [4.69, 9.17) is 5.73 Å². The number of nitrogen functional groups attached to an aromatic ring is 1. The smallest absolute Gasteiger partial charge is 0.127 e. The van der Waals surface area contributed by atoms with Gasteiger partial charge in [-0.25, -0.2) is 9.37 Å². The van der Waals surface area contributed by atoms with Gasteiger partial charge in [0.05, 0.1) is 0 Å². The zero-order chi connectivity index (χ0) is 12.4. The number of halogens is 1. The lowest BCUT2D eigenvalue weighted by atomic mass is 10.1. The van der Waals surface area contributed by atoms with Gasteiger partial charge in [0, 0.05) is 31.0 Å². The fourth-order valence-electron chi connectivity index (χ4n) is 1.84. The quantitative estimate of drug-likeness (QED) is 0.828. The Balaban J connectivity index is 2.33. The van der Waals surface area contributed by atoms with Crippen molar-refractivity contribution in [3.8, 4) is 0 Å². The Labute approximate surface area is 100 Å². The van der Waals surface area contributed by atoms with E-state index < -0.39 is 0 Å². The van der Waals surface area contributed by atoms with Gasteiger partial charge in [-0.1, -0.05) is 0 Å². The molecule has 0 radical (unpaired) electrons. The third-order valence-electron chi connectivity index (χ3n) is 2.93. The number of benzene rings is 1. The summed E-state index contributed by atoms with van der Waals surface area (Å²) < 4.78 is 15.8. The molecule has 0 aliphatic rings. The molecule has 0 fully saturated rings. The highest BCUT2D eigenvalue weighted by molar-refractivity contribution is 5.49. The van der Waals surface area contributed by atoms with E-state index in [0.717, 1.165) is 17.9 Å². The minimum Gasteiger partial charge on any atom is -0.399 e. The fraction of sp³-hybridized carbons (Fsp3) is 0.308. The van der Waals surface area contributed by atoms with Gasteiger partial charge in [0.1, 0.15) is 11.6 Å². The van der Waals surface area contributed by atoms with E-state index in [0.29, 0.717) is 17.7 Å². The Morgan fingerprint density at radius 2 is 2.18 bits per heavy atom. The van der Waals surface area contributed by atoms with E-state index >= 15 is 0 Å². The highest BCUT2D eigenvalue weighted by Gasteiger charge is 2.09. The molecule has 17 heavy (non-hydrogen) atoms. The number of anilines is 1. The average Bonchev–Trinajstić information content (AvgIpc) is 2.73. The minimum atomic E-state index is -0.220. The summed E-state index contributed by atoms with van der Waals surface area (Å²) in [6, 6.07) is 3.17. The molecular formula is C13H16FN3. The number of nitrogens with zero attached hydrogens (tertiary/aromatic N) is 2. The van der Waals surface area contributed by atoms with Crippen LogP contribution in [0.3, 0.4) is 0 Å². The van der Waals surface area contributed by atoms with Crippen LogP contribution in [0.1, 0.15) is 23.9 Å². The van der Waals surface area contributed by atoms with E-state index in [1.165, 1.54) is 6.07 Å². The first-order valence-corrected chi connectivity index (χ1v) is 5.66. The maximum absolute atomic E-state index is 13.8. The van der Waals surface area contributed by atoms with Gasteiger partial charge in [-0.15, -0.1) is 0 Å². The normalized spacial score (nSPS) is 10.8. The van der Waals surface area contributed by atoms with Gasteiger partial charge in [-0.3, -0.25) is 0 Å². The SMILES string of the molecule is CCn1ccnc1Cc1cc(N)c(C)cc1F. The first-order valence-electron chi connectivity index (χ1n) is 5.66. The molecule has 0 spiro atoms. The first kappa shape index (κ1) is 11.6. The van der Waals surface area contributed by atoms with Crippen molar-refractivity contribution in [1.29, 1.82) is 0 Å². The summed E-state index contributed by atoms with van der Waals surface area (Å²) in [4.78, 5) is 4.23. The number of hydrogen-bond acceptors (Lipinski definition) is 2. The molecule has 0 saturated carbocycles. The zero-order valence-electron chi connectivity index (χ0n) is 10.1. The lowest BCUT2D eigenvalue weighted by Crippen LogP contribution is -2.04. The third-order valence-corrected chi connectivity index (χ3v) is 2.93. The van der Waals surface area contributed by atoms with Crippen molar-refractivity contribution < 1.29 is 4.39 Å². The Morgan fingerprint density at radius 1 is 1.41 bits per heavy atom. The predicted molar refractivity (Wildman–Crippen MR) is 66.3 cm³/mol. The molecule has 0 bridgehead atoms. The highest BCUT2D eigenvalue weighted by Crippen LogP contribution is 2.19. The molecule has 0 aliphatic heterocycles. The molecule has 1 aromatic carbocycles. The van der Waals surface area contributed by atoms with E-state index in [1.54, 1.807) is 19.2 Å². The second-order valence-corrected chi connectivity index (χ2v) is 4.11. The maximum Gasteiger partial charge on any atom is 0.127 e. The highest BCUT2D eigenvalue weighted by atomic mass is 19.1. The molecule has 90 valence electrons. The lowest BCUT2D eigenvalue weighted by Gasteiger charge is -2.08. The van der Waals surface area contributed by atoms with Crippen LogP contribution in [0, 0.1) is 12.7 Å². The van der Waals surface area contributed by atoms with Gasteiger partial charge in [0.2, 0.25) is 0 Å². The largest absolute Gasteiger partial charge is 0.399 e. The summed E-state index contributed by atoms with van der Waals surface area (Å²) in [5.74, 6) is 0.636. The number of imidazole rings is 1. The van der Waals surface area contributed by atoms with Crippen LogP contribution in [-0.2, 0) is 13.0 Å². The molecular weight excluding hydrogens is 217 g/mol. The van der Waals surface area contributed by atoms with Crippen LogP contribution >= 0.6 is 0 Å². The van der Waals surface area contributed by atoms with Gasteiger partial charge in [-0.05, 0) is 37.1 Å². The monoisotopic (exact) mass is 233 g/mol. The molecule has 0 atom stereocenters. The van der Waals surface area contributed by atoms with Crippen LogP contribution in [0.5, 0.6) is 0 Å². The average molecular weight is 233 g/mol. The third kappa shape index (κ3) is 2.30. The summed E-state index contributed by atoms with van der Waals surface area (Å²) in [6.45, 7) is 4.67. The molecule has 1 heterocycles. The number of nitrogens with two attached hydrogens (primary N) is 1. The minimum absolute atomic E-state index is 0.220. The fourth-order valence-corrected chi connectivity index (χ4v) is 1.84. The summed E-state index contributed by atoms with van der Waals surface area (Å²) >= 11 is 0. The van der Waals surface area contributed by atoms with Crippen LogP contribution in [0.4, 0.5) is 10.1 Å². The van der Waals surface area contributed by atoms with Gasteiger partial charge >= 0.3 is 0 Å². The Morgan fingerprint density at radius 3 is 2.88 bits per heavy atom. The molecule has 1 aromatic heterocycles. The molecule has 2 rings (SSSR count). The summed E-state index contributed by atoms with van der Waals surface area (Å²) in [5, 5.41) is 0. The number of aryl methyl sites for hydroxylation is 2. The van der Waals surface area contributed by atoms with Crippen molar-refractivity contribution in [2.24, 2.45) is 0 Å². The molecule has 0 unspecified atom stereocenters.